The Morgan fingerprint density at radius 1 is 1.45 bits per heavy atom. The van der Waals surface area contributed by atoms with Crippen LogP contribution in [-0.4, -0.2) is 37.1 Å². The highest BCUT2D eigenvalue weighted by atomic mass is 16.2. The average Bonchev–Trinajstić information content (AvgIpc) is 2.95. The predicted molar refractivity (Wildman–Crippen MR) is 80.1 cm³/mol. The summed E-state index contributed by atoms with van der Waals surface area (Å²) in [5.74, 6) is -0.0613. The van der Waals surface area contributed by atoms with Crippen LogP contribution >= 0.6 is 0 Å². The second-order valence-corrected chi connectivity index (χ2v) is 5.60. The van der Waals surface area contributed by atoms with Crippen molar-refractivity contribution in [2.75, 3.05) is 6.54 Å². The van der Waals surface area contributed by atoms with E-state index in [9.17, 15) is 9.59 Å². The molecule has 116 valence electrons. The maximum atomic E-state index is 12.6. The fraction of sp³-hybridized carbons (Fsp3) is 0.467. The molecule has 0 saturated carbocycles. The molecule has 3 rings (SSSR count). The molecule has 1 aliphatic rings. The SMILES string of the molecule is Cc1cn[nH]c1[C@H]1CCCCN1C(=O)Cn1cccnc1=O. The van der Waals surface area contributed by atoms with E-state index >= 15 is 0 Å². The molecule has 3 heterocycles. The van der Waals surface area contributed by atoms with Crippen LogP contribution in [0.1, 0.15) is 36.6 Å². The number of hydrogen-bond acceptors (Lipinski definition) is 4. The molecule has 2 aromatic heterocycles. The summed E-state index contributed by atoms with van der Waals surface area (Å²) in [6.45, 7) is 2.72. The summed E-state index contributed by atoms with van der Waals surface area (Å²) in [6.07, 6.45) is 7.78. The van der Waals surface area contributed by atoms with Gasteiger partial charge in [-0.3, -0.25) is 14.5 Å². The van der Waals surface area contributed by atoms with Gasteiger partial charge in [0.05, 0.1) is 17.9 Å². The van der Waals surface area contributed by atoms with E-state index in [2.05, 4.69) is 15.2 Å². The van der Waals surface area contributed by atoms with Gasteiger partial charge >= 0.3 is 5.69 Å². The zero-order chi connectivity index (χ0) is 15.5. The second kappa shape index (κ2) is 6.13. The van der Waals surface area contributed by atoms with E-state index in [1.165, 1.54) is 10.8 Å². The molecule has 0 aromatic carbocycles. The molecular formula is C15H19N5O2. The maximum Gasteiger partial charge on any atom is 0.347 e. The zero-order valence-electron chi connectivity index (χ0n) is 12.5. The number of H-pyrrole nitrogens is 1. The Bertz CT molecular complexity index is 720. The Kier molecular flexibility index (Phi) is 4.04. The van der Waals surface area contributed by atoms with E-state index in [0.29, 0.717) is 6.54 Å². The minimum absolute atomic E-state index is 0.0103. The molecule has 7 nitrogen and oxygen atoms in total. The number of carbonyl (C=O) groups is 1. The number of nitrogens with one attached hydrogen (secondary N) is 1. The summed E-state index contributed by atoms with van der Waals surface area (Å²) >= 11 is 0. The number of hydrogen-bond donors (Lipinski definition) is 1. The number of piperidine rings is 1. The number of carbonyl (C=O) groups excluding carboxylic acids is 1. The molecule has 0 bridgehead atoms. The molecule has 1 N–H and O–H groups in total. The van der Waals surface area contributed by atoms with Gasteiger partial charge in [0, 0.05) is 18.9 Å². The maximum absolute atomic E-state index is 12.6. The second-order valence-electron chi connectivity index (χ2n) is 5.60. The van der Waals surface area contributed by atoms with Crippen molar-refractivity contribution in [2.24, 2.45) is 0 Å². The monoisotopic (exact) mass is 301 g/mol. The van der Waals surface area contributed by atoms with Crippen molar-refractivity contribution in [1.82, 2.24) is 24.6 Å². The Hall–Kier alpha value is -2.44. The van der Waals surface area contributed by atoms with Crippen molar-refractivity contribution in [3.8, 4) is 0 Å². The van der Waals surface area contributed by atoms with Crippen LogP contribution in [0.3, 0.4) is 0 Å². The number of rotatable bonds is 3. The number of nitrogens with zero attached hydrogens (tertiary/aromatic N) is 4. The molecule has 0 radical (unpaired) electrons. The van der Waals surface area contributed by atoms with Crippen LogP contribution in [0, 0.1) is 6.92 Å². The third-order valence-corrected chi connectivity index (χ3v) is 4.11. The van der Waals surface area contributed by atoms with Crippen molar-refractivity contribution < 1.29 is 4.79 Å². The molecule has 0 spiro atoms. The normalized spacial score (nSPS) is 18.4. The Balaban J connectivity index is 1.82. The molecular weight excluding hydrogens is 282 g/mol. The van der Waals surface area contributed by atoms with E-state index in [0.717, 1.165) is 30.5 Å². The van der Waals surface area contributed by atoms with Crippen LogP contribution in [0.4, 0.5) is 0 Å². The summed E-state index contributed by atoms with van der Waals surface area (Å²) < 4.78 is 1.34. The molecule has 1 amide bonds. The van der Waals surface area contributed by atoms with Gasteiger partial charge in [-0.1, -0.05) is 0 Å². The van der Waals surface area contributed by atoms with Gasteiger partial charge in [-0.25, -0.2) is 9.78 Å². The van der Waals surface area contributed by atoms with Crippen LogP contribution in [0.15, 0.2) is 29.5 Å². The largest absolute Gasteiger partial charge is 0.347 e. The fourth-order valence-electron chi connectivity index (χ4n) is 2.97. The Morgan fingerprint density at radius 3 is 3.05 bits per heavy atom. The predicted octanol–water partition coefficient (Wildman–Crippen LogP) is 1.03. The van der Waals surface area contributed by atoms with Crippen LogP contribution in [0.5, 0.6) is 0 Å². The molecule has 1 atom stereocenters. The van der Waals surface area contributed by atoms with Crippen LogP contribution in [-0.2, 0) is 11.3 Å². The quantitative estimate of drug-likeness (QED) is 0.917. The lowest BCUT2D eigenvalue weighted by Crippen LogP contribution is -2.42. The van der Waals surface area contributed by atoms with Gasteiger partial charge in [-0.05, 0) is 37.8 Å². The van der Waals surface area contributed by atoms with E-state index in [-0.39, 0.29) is 18.5 Å². The highest BCUT2D eigenvalue weighted by molar-refractivity contribution is 5.76. The van der Waals surface area contributed by atoms with Crippen LogP contribution in [0.25, 0.3) is 0 Å². The first kappa shape index (κ1) is 14.5. The number of amides is 1. The summed E-state index contributed by atoms with van der Waals surface area (Å²) in [5.41, 5.74) is 1.65. The number of aromatic amines is 1. The number of likely N-dealkylation sites (tertiary alicyclic amines) is 1. The Labute approximate surface area is 128 Å². The van der Waals surface area contributed by atoms with Gasteiger partial charge in [0.1, 0.15) is 6.54 Å². The fourth-order valence-corrected chi connectivity index (χ4v) is 2.97. The lowest BCUT2D eigenvalue weighted by atomic mass is 9.97. The molecule has 1 aliphatic heterocycles. The third-order valence-electron chi connectivity index (χ3n) is 4.11. The minimum atomic E-state index is -0.401. The topological polar surface area (TPSA) is 83.9 Å². The van der Waals surface area contributed by atoms with Gasteiger partial charge in [-0.15, -0.1) is 0 Å². The first-order valence-electron chi connectivity index (χ1n) is 7.47. The van der Waals surface area contributed by atoms with Gasteiger partial charge in [0.15, 0.2) is 0 Å². The molecule has 22 heavy (non-hydrogen) atoms. The average molecular weight is 301 g/mol. The smallest absolute Gasteiger partial charge is 0.333 e. The molecule has 2 aromatic rings. The minimum Gasteiger partial charge on any atom is -0.333 e. The van der Waals surface area contributed by atoms with Crippen molar-refractivity contribution in [2.45, 2.75) is 38.8 Å². The van der Waals surface area contributed by atoms with Crippen molar-refractivity contribution in [3.63, 3.8) is 0 Å². The Morgan fingerprint density at radius 2 is 2.32 bits per heavy atom. The van der Waals surface area contributed by atoms with E-state index in [1.807, 2.05) is 11.8 Å². The summed E-state index contributed by atoms with van der Waals surface area (Å²) in [5, 5.41) is 7.07. The van der Waals surface area contributed by atoms with E-state index < -0.39 is 5.69 Å². The van der Waals surface area contributed by atoms with E-state index in [4.69, 9.17) is 0 Å². The number of aryl methyl sites for hydroxylation is 1. The molecule has 1 saturated heterocycles. The van der Waals surface area contributed by atoms with Gasteiger partial charge < -0.3 is 4.90 Å². The third kappa shape index (κ3) is 2.79. The molecule has 1 fully saturated rings. The summed E-state index contributed by atoms with van der Waals surface area (Å²) in [7, 11) is 0. The standard InChI is InChI=1S/C15H19N5O2/c1-11-9-17-18-14(11)12-5-2-3-8-20(12)13(21)10-19-7-4-6-16-15(19)22/h4,6-7,9,12H,2-3,5,8,10H2,1H3,(H,17,18)/t12-/m1/s1. The van der Waals surface area contributed by atoms with Crippen LogP contribution < -0.4 is 5.69 Å². The van der Waals surface area contributed by atoms with Gasteiger partial charge in [0.2, 0.25) is 5.91 Å². The van der Waals surface area contributed by atoms with Crippen molar-refractivity contribution in [3.05, 3.63) is 46.4 Å². The van der Waals surface area contributed by atoms with Gasteiger partial charge in [-0.2, -0.15) is 5.10 Å². The highest BCUT2D eigenvalue weighted by Gasteiger charge is 2.30. The number of aromatic nitrogens is 4. The van der Waals surface area contributed by atoms with Gasteiger partial charge in [0.25, 0.3) is 0 Å². The molecule has 7 heteroatoms. The first-order chi connectivity index (χ1) is 10.7. The molecule has 0 aliphatic carbocycles. The summed E-state index contributed by atoms with van der Waals surface area (Å²) in [6, 6.07) is 1.66. The lowest BCUT2D eigenvalue weighted by Gasteiger charge is -2.35. The highest BCUT2D eigenvalue weighted by Crippen LogP contribution is 2.31. The summed E-state index contributed by atoms with van der Waals surface area (Å²) in [4.78, 5) is 29.8. The van der Waals surface area contributed by atoms with Crippen molar-refractivity contribution >= 4 is 5.91 Å². The van der Waals surface area contributed by atoms with Crippen LogP contribution in [0.2, 0.25) is 0 Å². The van der Waals surface area contributed by atoms with E-state index in [1.54, 1.807) is 18.5 Å². The lowest BCUT2D eigenvalue weighted by molar-refractivity contribution is -0.135. The molecule has 0 unspecified atom stereocenters. The zero-order valence-corrected chi connectivity index (χ0v) is 12.5. The first-order valence-corrected chi connectivity index (χ1v) is 7.47. The van der Waals surface area contributed by atoms with Crippen molar-refractivity contribution in [1.29, 1.82) is 0 Å².